The number of ether oxygens (including phenoxy) is 1. The summed E-state index contributed by atoms with van der Waals surface area (Å²) in [6.45, 7) is 3.84. The maximum Gasteiger partial charge on any atom is 0.358 e. The van der Waals surface area contributed by atoms with Crippen molar-refractivity contribution < 1.29 is 22.7 Å². The van der Waals surface area contributed by atoms with Gasteiger partial charge in [0.1, 0.15) is 5.82 Å². The molecule has 0 aliphatic carbocycles. The molecule has 2 heterocycles. The van der Waals surface area contributed by atoms with Gasteiger partial charge in [-0.1, -0.05) is 30.3 Å². The fourth-order valence-corrected chi connectivity index (χ4v) is 3.52. The molecule has 0 aliphatic heterocycles. The lowest BCUT2D eigenvalue weighted by atomic mass is 10.1. The molecule has 0 N–H and O–H groups in total. The minimum absolute atomic E-state index is 0.0416. The molecule has 0 bridgehead atoms. The lowest BCUT2D eigenvalue weighted by Gasteiger charge is -2.28. The minimum atomic E-state index is -1.55. The molecule has 33 heavy (non-hydrogen) atoms. The maximum absolute atomic E-state index is 13.9. The number of esters is 1. The SMILES string of the molecule is CCOC(=O)c1cc2nc(-c3cc(F)c(F)c(F)c3)cc(N(C)[C@@H](C)c3ccccc3)n2n1. The molecule has 0 aliphatic rings. The second-order valence-corrected chi connectivity index (χ2v) is 7.47. The summed E-state index contributed by atoms with van der Waals surface area (Å²) in [5.41, 5.74) is 1.57. The van der Waals surface area contributed by atoms with Gasteiger partial charge < -0.3 is 9.64 Å². The van der Waals surface area contributed by atoms with Gasteiger partial charge in [-0.15, -0.1) is 0 Å². The number of aromatic nitrogens is 3. The van der Waals surface area contributed by atoms with Crippen molar-refractivity contribution in [2.24, 2.45) is 0 Å². The molecular weight excluding hydrogens is 433 g/mol. The summed E-state index contributed by atoms with van der Waals surface area (Å²) in [6, 6.07) is 14.3. The molecule has 2 aromatic heterocycles. The van der Waals surface area contributed by atoms with E-state index in [0.717, 1.165) is 17.7 Å². The average molecular weight is 454 g/mol. The van der Waals surface area contributed by atoms with Crippen molar-refractivity contribution in [3.05, 3.63) is 83.3 Å². The zero-order valence-corrected chi connectivity index (χ0v) is 18.2. The summed E-state index contributed by atoms with van der Waals surface area (Å²) >= 11 is 0. The van der Waals surface area contributed by atoms with E-state index >= 15 is 0 Å². The van der Waals surface area contributed by atoms with E-state index in [9.17, 15) is 18.0 Å². The first kappa shape index (κ1) is 22.3. The van der Waals surface area contributed by atoms with Gasteiger partial charge in [-0.05, 0) is 31.5 Å². The Hall–Kier alpha value is -3.88. The van der Waals surface area contributed by atoms with Crippen molar-refractivity contribution in [2.45, 2.75) is 19.9 Å². The molecule has 4 aromatic rings. The Kier molecular flexibility index (Phi) is 6.04. The number of rotatable bonds is 6. The number of hydrogen-bond donors (Lipinski definition) is 0. The Morgan fingerprint density at radius 3 is 2.39 bits per heavy atom. The van der Waals surface area contributed by atoms with E-state index in [0.29, 0.717) is 5.82 Å². The van der Waals surface area contributed by atoms with Gasteiger partial charge in [-0.2, -0.15) is 9.61 Å². The van der Waals surface area contributed by atoms with E-state index in [4.69, 9.17) is 4.74 Å². The van der Waals surface area contributed by atoms with Crippen LogP contribution in [0.2, 0.25) is 0 Å². The third kappa shape index (κ3) is 4.26. The van der Waals surface area contributed by atoms with Crippen LogP contribution in [-0.4, -0.2) is 34.2 Å². The fraction of sp³-hybridized carbons (Fsp3) is 0.208. The zero-order valence-electron chi connectivity index (χ0n) is 18.2. The van der Waals surface area contributed by atoms with Crippen molar-refractivity contribution in [3.8, 4) is 11.3 Å². The Morgan fingerprint density at radius 2 is 1.76 bits per heavy atom. The number of fused-ring (bicyclic) bond motifs is 1. The number of anilines is 1. The third-order valence-corrected chi connectivity index (χ3v) is 5.40. The quantitative estimate of drug-likeness (QED) is 0.297. The lowest BCUT2D eigenvalue weighted by molar-refractivity contribution is 0.0519. The van der Waals surface area contributed by atoms with E-state index in [2.05, 4.69) is 10.1 Å². The van der Waals surface area contributed by atoms with Crippen LogP contribution in [0.4, 0.5) is 19.0 Å². The Balaban J connectivity index is 1.89. The minimum Gasteiger partial charge on any atom is -0.461 e. The average Bonchev–Trinajstić information content (AvgIpc) is 3.26. The first-order valence-electron chi connectivity index (χ1n) is 10.3. The van der Waals surface area contributed by atoms with Crippen LogP contribution in [0, 0.1) is 17.5 Å². The van der Waals surface area contributed by atoms with Gasteiger partial charge in [0.25, 0.3) is 0 Å². The molecule has 1 atom stereocenters. The number of halogens is 3. The lowest BCUT2D eigenvalue weighted by Crippen LogP contribution is -2.24. The van der Waals surface area contributed by atoms with E-state index in [1.54, 1.807) is 13.0 Å². The Morgan fingerprint density at radius 1 is 1.09 bits per heavy atom. The van der Waals surface area contributed by atoms with E-state index in [-0.39, 0.29) is 35.2 Å². The first-order chi connectivity index (χ1) is 15.8. The van der Waals surface area contributed by atoms with Crippen molar-refractivity contribution in [1.29, 1.82) is 0 Å². The van der Waals surface area contributed by atoms with Crippen molar-refractivity contribution in [2.75, 3.05) is 18.6 Å². The predicted molar refractivity (Wildman–Crippen MR) is 118 cm³/mol. The van der Waals surface area contributed by atoms with E-state index in [1.807, 2.05) is 49.2 Å². The molecule has 0 amide bonds. The van der Waals surface area contributed by atoms with Crippen LogP contribution >= 0.6 is 0 Å². The number of hydrogen-bond acceptors (Lipinski definition) is 5. The molecule has 9 heteroatoms. The normalized spacial score (nSPS) is 12.1. The monoisotopic (exact) mass is 454 g/mol. The van der Waals surface area contributed by atoms with Gasteiger partial charge in [0.15, 0.2) is 28.8 Å². The molecule has 0 saturated carbocycles. The molecule has 0 radical (unpaired) electrons. The summed E-state index contributed by atoms with van der Waals surface area (Å²) in [7, 11) is 1.83. The van der Waals surface area contributed by atoms with Gasteiger partial charge >= 0.3 is 5.97 Å². The second kappa shape index (κ2) is 8.93. The molecule has 0 fully saturated rings. The fourth-order valence-electron chi connectivity index (χ4n) is 3.52. The molecule has 2 aromatic carbocycles. The van der Waals surface area contributed by atoms with Crippen LogP contribution in [0.3, 0.4) is 0 Å². The van der Waals surface area contributed by atoms with Crippen LogP contribution < -0.4 is 4.90 Å². The van der Waals surface area contributed by atoms with Crippen LogP contribution in [0.5, 0.6) is 0 Å². The van der Waals surface area contributed by atoms with Crippen molar-refractivity contribution in [3.63, 3.8) is 0 Å². The van der Waals surface area contributed by atoms with Crippen LogP contribution in [0.1, 0.15) is 35.9 Å². The summed E-state index contributed by atoms with van der Waals surface area (Å²) in [5, 5.41) is 4.34. The summed E-state index contributed by atoms with van der Waals surface area (Å²) in [4.78, 5) is 18.6. The largest absolute Gasteiger partial charge is 0.461 e. The smallest absolute Gasteiger partial charge is 0.358 e. The van der Waals surface area contributed by atoms with Gasteiger partial charge in [-0.3, -0.25) is 0 Å². The second-order valence-electron chi connectivity index (χ2n) is 7.47. The standard InChI is InChI=1S/C24H21F3N4O2/c1-4-33-24(32)20-12-21-28-19(16-10-17(25)23(27)18(26)11-16)13-22(31(21)29-20)30(3)14(2)15-8-6-5-7-9-15/h5-14H,4H2,1-3H3/t14-/m0/s1. The van der Waals surface area contributed by atoms with Gasteiger partial charge in [0, 0.05) is 24.7 Å². The third-order valence-electron chi connectivity index (χ3n) is 5.40. The molecule has 170 valence electrons. The Labute approximate surface area is 188 Å². The topological polar surface area (TPSA) is 59.7 Å². The number of carbonyl (C=O) groups is 1. The highest BCUT2D eigenvalue weighted by Gasteiger charge is 2.22. The van der Waals surface area contributed by atoms with Crippen LogP contribution in [0.25, 0.3) is 16.9 Å². The molecule has 6 nitrogen and oxygen atoms in total. The molecule has 0 spiro atoms. The highest BCUT2D eigenvalue weighted by atomic mass is 19.2. The zero-order chi connectivity index (χ0) is 23.7. The number of carbonyl (C=O) groups excluding carboxylic acids is 1. The summed E-state index contributed by atoms with van der Waals surface area (Å²) in [6.07, 6.45) is 0. The number of benzene rings is 2. The van der Waals surface area contributed by atoms with E-state index in [1.165, 1.54) is 10.6 Å². The van der Waals surface area contributed by atoms with Crippen LogP contribution in [-0.2, 0) is 4.74 Å². The highest BCUT2D eigenvalue weighted by Crippen LogP contribution is 2.31. The van der Waals surface area contributed by atoms with Crippen molar-refractivity contribution in [1.82, 2.24) is 14.6 Å². The van der Waals surface area contributed by atoms with Crippen LogP contribution in [0.15, 0.2) is 54.6 Å². The highest BCUT2D eigenvalue weighted by molar-refractivity contribution is 5.89. The van der Waals surface area contributed by atoms with Gasteiger partial charge in [0.2, 0.25) is 0 Å². The van der Waals surface area contributed by atoms with Crippen molar-refractivity contribution >= 4 is 17.4 Å². The molecule has 0 saturated heterocycles. The molecule has 0 unspecified atom stereocenters. The number of nitrogens with zero attached hydrogens (tertiary/aromatic N) is 4. The first-order valence-corrected chi connectivity index (χ1v) is 10.3. The Bertz CT molecular complexity index is 1300. The van der Waals surface area contributed by atoms with E-state index < -0.39 is 23.4 Å². The summed E-state index contributed by atoms with van der Waals surface area (Å²) < 4.78 is 47.8. The van der Waals surface area contributed by atoms with Gasteiger partial charge in [0.05, 0.1) is 18.3 Å². The summed E-state index contributed by atoms with van der Waals surface area (Å²) in [5.74, 6) is -4.30. The molecular formula is C24H21F3N4O2. The molecule has 4 rings (SSSR count). The van der Waals surface area contributed by atoms with Gasteiger partial charge in [-0.25, -0.2) is 22.9 Å². The predicted octanol–water partition coefficient (Wildman–Crippen LogP) is 5.19. The maximum atomic E-state index is 13.9.